The molecule has 2 aromatic carbocycles. The molecule has 0 saturated carbocycles. The van der Waals surface area contributed by atoms with E-state index in [-0.39, 0.29) is 11.4 Å². The first-order chi connectivity index (χ1) is 9.68. The third-order valence-electron chi connectivity index (χ3n) is 3.77. The van der Waals surface area contributed by atoms with Crippen LogP contribution >= 0.6 is 0 Å². The lowest BCUT2D eigenvalue weighted by Crippen LogP contribution is -2.20. The first kappa shape index (κ1) is 12.7. The van der Waals surface area contributed by atoms with Gasteiger partial charge in [-0.3, -0.25) is 4.79 Å². The van der Waals surface area contributed by atoms with Crippen molar-refractivity contribution in [2.75, 3.05) is 0 Å². The third kappa shape index (κ3) is 2.25. The zero-order valence-corrected chi connectivity index (χ0v) is 11.4. The van der Waals surface area contributed by atoms with Crippen LogP contribution in [0.2, 0.25) is 0 Å². The predicted octanol–water partition coefficient (Wildman–Crippen LogP) is 3.93. The molecule has 1 fully saturated rings. The van der Waals surface area contributed by atoms with Crippen LogP contribution in [0.15, 0.2) is 66.4 Å². The molecule has 0 radical (unpaired) electrons. The van der Waals surface area contributed by atoms with Gasteiger partial charge in [0.1, 0.15) is 5.76 Å². The molecule has 2 nitrogen and oxygen atoms in total. The van der Waals surface area contributed by atoms with Crippen LogP contribution in [0.25, 0.3) is 6.08 Å². The maximum atomic E-state index is 11.8. The van der Waals surface area contributed by atoms with Crippen LogP contribution in [0.5, 0.6) is 0 Å². The number of allylic oxidation sites excluding steroid dienone is 1. The van der Waals surface area contributed by atoms with Crippen molar-refractivity contribution in [1.29, 1.82) is 0 Å². The Bertz CT molecular complexity index is 644. The fourth-order valence-corrected chi connectivity index (χ4v) is 2.59. The normalized spacial score (nSPS) is 23.9. The van der Waals surface area contributed by atoms with E-state index in [0.29, 0.717) is 6.42 Å². The molecular weight excluding hydrogens is 248 g/mol. The van der Waals surface area contributed by atoms with E-state index in [9.17, 15) is 4.79 Å². The van der Waals surface area contributed by atoms with E-state index in [4.69, 9.17) is 4.74 Å². The number of ether oxygens (including phenoxy) is 1. The second kappa shape index (κ2) is 4.97. The summed E-state index contributed by atoms with van der Waals surface area (Å²) in [5, 5.41) is 0. The van der Waals surface area contributed by atoms with E-state index in [0.717, 1.165) is 16.9 Å². The third-order valence-corrected chi connectivity index (χ3v) is 3.77. The quantitative estimate of drug-likeness (QED) is 0.768. The molecule has 100 valence electrons. The lowest BCUT2D eigenvalue weighted by Gasteiger charge is -2.22. The smallest absolute Gasteiger partial charge is 0.312 e. The second-order valence-electron chi connectivity index (χ2n) is 5.27. The van der Waals surface area contributed by atoms with E-state index in [1.54, 1.807) is 0 Å². The molecule has 1 aliphatic rings. The van der Waals surface area contributed by atoms with Gasteiger partial charge in [-0.15, -0.1) is 0 Å². The molecule has 1 unspecified atom stereocenters. The average molecular weight is 264 g/mol. The van der Waals surface area contributed by atoms with Crippen molar-refractivity contribution in [2.45, 2.75) is 18.8 Å². The van der Waals surface area contributed by atoms with Crippen molar-refractivity contribution < 1.29 is 9.53 Å². The molecule has 20 heavy (non-hydrogen) atoms. The van der Waals surface area contributed by atoms with Gasteiger partial charge in [-0.25, -0.2) is 0 Å². The molecule has 1 saturated heterocycles. The van der Waals surface area contributed by atoms with Crippen LogP contribution in [0.3, 0.4) is 0 Å². The lowest BCUT2D eigenvalue weighted by molar-refractivity contribution is -0.135. The van der Waals surface area contributed by atoms with Gasteiger partial charge in [-0.2, -0.15) is 0 Å². The summed E-state index contributed by atoms with van der Waals surface area (Å²) in [6.07, 6.45) is 2.34. The van der Waals surface area contributed by atoms with E-state index in [2.05, 4.69) is 6.92 Å². The Morgan fingerprint density at radius 3 is 2.25 bits per heavy atom. The fourth-order valence-electron chi connectivity index (χ4n) is 2.59. The SMILES string of the molecule is CC1(c2ccccc2)CC(=O)O/C1=C\c1ccccc1. The molecule has 3 rings (SSSR count). The maximum Gasteiger partial charge on any atom is 0.312 e. The lowest BCUT2D eigenvalue weighted by atomic mass is 9.79. The Kier molecular flexibility index (Phi) is 3.15. The first-order valence-electron chi connectivity index (χ1n) is 6.72. The number of hydrogen-bond donors (Lipinski definition) is 0. The molecule has 0 amide bonds. The highest BCUT2D eigenvalue weighted by Crippen LogP contribution is 2.42. The van der Waals surface area contributed by atoms with Gasteiger partial charge in [-0.1, -0.05) is 60.7 Å². The van der Waals surface area contributed by atoms with Gasteiger partial charge in [0, 0.05) is 0 Å². The fraction of sp³-hybridized carbons (Fsp3) is 0.167. The van der Waals surface area contributed by atoms with Gasteiger partial charge in [0.15, 0.2) is 0 Å². The topological polar surface area (TPSA) is 26.3 Å². The van der Waals surface area contributed by atoms with Crippen LogP contribution in [0, 0.1) is 0 Å². The van der Waals surface area contributed by atoms with Crippen molar-refractivity contribution in [2.24, 2.45) is 0 Å². The molecule has 0 aromatic heterocycles. The molecule has 0 N–H and O–H groups in total. The summed E-state index contributed by atoms with van der Waals surface area (Å²) in [5.41, 5.74) is 1.76. The van der Waals surface area contributed by atoms with Gasteiger partial charge in [-0.05, 0) is 24.1 Å². The van der Waals surface area contributed by atoms with Crippen molar-refractivity contribution in [3.8, 4) is 0 Å². The Balaban J connectivity index is 2.05. The molecular formula is C18H16O2. The maximum absolute atomic E-state index is 11.8. The van der Waals surface area contributed by atoms with Crippen molar-refractivity contribution in [3.63, 3.8) is 0 Å². The number of carbonyl (C=O) groups excluding carboxylic acids is 1. The minimum Gasteiger partial charge on any atom is -0.430 e. The van der Waals surface area contributed by atoms with Gasteiger partial charge in [0.2, 0.25) is 0 Å². The monoisotopic (exact) mass is 264 g/mol. The number of hydrogen-bond acceptors (Lipinski definition) is 2. The predicted molar refractivity (Wildman–Crippen MR) is 78.9 cm³/mol. The highest BCUT2D eigenvalue weighted by Gasteiger charge is 2.42. The molecule has 1 heterocycles. The van der Waals surface area contributed by atoms with E-state index in [1.807, 2.05) is 66.7 Å². The summed E-state index contributed by atoms with van der Waals surface area (Å²) in [5.74, 6) is 0.554. The molecule has 1 aliphatic heterocycles. The van der Waals surface area contributed by atoms with Crippen LogP contribution in [0.1, 0.15) is 24.5 Å². The molecule has 2 heteroatoms. The summed E-state index contributed by atoms with van der Waals surface area (Å²) in [7, 11) is 0. The summed E-state index contributed by atoms with van der Waals surface area (Å²) >= 11 is 0. The minimum atomic E-state index is -0.381. The number of esters is 1. The number of carbonyl (C=O) groups is 1. The van der Waals surface area contributed by atoms with E-state index in [1.165, 1.54) is 0 Å². The Hall–Kier alpha value is -2.35. The molecule has 0 spiro atoms. The minimum absolute atomic E-state index is 0.168. The zero-order valence-electron chi connectivity index (χ0n) is 11.4. The summed E-state index contributed by atoms with van der Waals surface area (Å²) in [6, 6.07) is 20.0. The number of cyclic esters (lactones) is 1. The molecule has 0 aliphatic carbocycles. The van der Waals surface area contributed by atoms with Crippen LogP contribution in [-0.2, 0) is 14.9 Å². The average Bonchev–Trinajstić information content (AvgIpc) is 2.76. The summed E-state index contributed by atoms with van der Waals surface area (Å²) < 4.78 is 5.46. The highest BCUT2D eigenvalue weighted by molar-refractivity contribution is 5.80. The standard InChI is InChI=1S/C18H16O2/c1-18(15-10-6-3-7-11-15)13-17(19)20-16(18)12-14-8-4-2-5-9-14/h2-12H,13H2,1H3/b16-12-. The van der Waals surface area contributed by atoms with Crippen molar-refractivity contribution in [3.05, 3.63) is 77.5 Å². The van der Waals surface area contributed by atoms with Gasteiger partial charge in [0.05, 0.1) is 11.8 Å². The number of benzene rings is 2. The Labute approximate surface area is 118 Å². The van der Waals surface area contributed by atoms with Gasteiger partial charge in [0.25, 0.3) is 0 Å². The van der Waals surface area contributed by atoms with Gasteiger partial charge >= 0.3 is 5.97 Å². The Morgan fingerprint density at radius 2 is 1.60 bits per heavy atom. The molecule has 0 bridgehead atoms. The van der Waals surface area contributed by atoms with E-state index >= 15 is 0 Å². The second-order valence-corrected chi connectivity index (χ2v) is 5.27. The molecule has 2 aromatic rings. The summed E-state index contributed by atoms with van der Waals surface area (Å²) in [4.78, 5) is 11.8. The highest BCUT2D eigenvalue weighted by atomic mass is 16.5. The zero-order chi connectivity index (χ0) is 14.0. The van der Waals surface area contributed by atoms with Crippen molar-refractivity contribution >= 4 is 12.0 Å². The first-order valence-corrected chi connectivity index (χ1v) is 6.72. The summed E-state index contributed by atoms with van der Waals surface area (Å²) in [6.45, 7) is 2.06. The van der Waals surface area contributed by atoms with Gasteiger partial charge < -0.3 is 4.74 Å². The Morgan fingerprint density at radius 1 is 1.00 bits per heavy atom. The largest absolute Gasteiger partial charge is 0.430 e. The van der Waals surface area contributed by atoms with E-state index < -0.39 is 0 Å². The van der Waals surface area contributed by atoms with Crippen molar-refractivity contribution in [1.82, 2.24) is 0 Å². The van der Waals surface area contributed by atoms with Crippen LogP contribution in [0.4, 0.5) is 0 Å². The number of rotatable bonds is 2. The van der Waals surface area contributed by atoms with Crippen LogP contribution < -0.4 is 0 Å². The molecule has 1 atom stereocenters. The van der Waals surface area contributed by atoms with Crippen LogP contribution in [-0.4, -0.2) is 5.97 Å².